The van der Waals surface area contributed by atoms with Crippen molar-refractivity contribution in [1.29, 1.82) is 0 Å². The second-order valence-electron chi connectivity index (χ2n) is 5.11. The average Bonchev–Trinajstić information content (AvgIpc) is 2.86. The number of para-hydroxylation sites is 1. The molecule has 1 heterocycles. The standard InChI is InChI=1S/C14H21N3O3/c1-10-4-3-5-11(20-2)12(10)17-13(18)16-9-14(19)6-7-15-8-14/h3-5,15,19H,6-9H2,1-2H3,(H2,16,17,18)/t14-/m0/s1. The van der Waals surface area contributed by atoms with E-state index >= 15 is 0 Å². The van der Waals surface area contributed by atoms with E-state index in [2.05, 4.69) is 16.0 Å². The van der Waals surface area contributed by atoms with Gasteiger partial charge < -0.3 is 25.8 Å². The van der Waals surface area contributed by atoms with Gasteiger partial charge in [0.25, 0.3) is 0 Å². The number of amides is 2. The summed E-state index contributed by atoms with van der Waals surface area (Å²) in [5.74, 6) is 0.612. The molecule has 1 saturated heterocycles. The van der Waals surface area contributed by atoms with Crippen LogP contribution < -0.4 is 20.7 Å². The van der Waals surface area contributed by atoms with E-state index in [1.54, 1.807) is 13.2 Å². The highest BCUT2D eigenvalue weighted by atomic mass is 16.5. The lowest BCUT2D eigenvalue weighted by Gasteiger charge is -2.22. The number of urea groups is 1. The van der Waals surface area contributed by atoms with Gasteiger partial charge in [-0.25, -0.2) is 4.79 Å². The van der Waals surface area contributed by atoms with Crippen molar-refractivity contribution in [2.45, 2.75) is 18.9 Å². The number of hydrogen-bond acceptors (Lipinski definition) is 4. The van der Waals surface area contributed by atoms with Crippen LogP contribution in [0.3, 0.4) is 0 Å². The number of β-amino-alcohol motifs (C(OH)–C–C–N with tert-alkyl or cyclic N) is 1. The van der Waals surface area contributed by atoms with E-state index in [1.165, 1.54) is 0 Å². The molecule has 4 N–H and O–H groups in total. The van der Waals surface area contributed by atoms with Gasteiger partial charge in [-0.1, -0.05) is 12.1 Å². The number of methoxy groups -OCH3 is 1. The average molecular weight is 279 g/mol. The molecular formula is C14H21N3O3. The van der Waals surface area contributed by atoms with Crippen molar-refractivity contribution in [3.05, 3.63) is 23.8 Å². The lowest BCUT2D eigenvalue weighted by molar-refractivity contribution is 0.0640. The summed E-state index contributed by atoms with van der Waals surface area (Å²) in [7, 11) is 1.56. The van der Waals surface area contributed by atoms with Crippen molar-refractivity contribution in [3.8, 4) is 5.75 Å². The molecule has 0 aromatic heterocycles. The first-order valence-corrected chi connectivity index (χ1v) is 6.66. The molecule has 1 atom stereocenters. The third-order valence-electron chi connectivity index (χ3n) is 3.49. The van der Waals surface area contributed by atoms with Crippen LogP contribution in [0.2, 0.25) is 0 Å². The summed E-state index contributed by atoms with van der Waals surface area (Å²) < 4.78 is 5.22. The third-order valence-corrected chi connectivity index (χ3v) is 3.49. The number of aliphatic hydroxyl groups is 1. The lowest BCUT2D eigenvalue weighted by atomic mass is 10.0. The Morgan fingerprint density at radius 1 is 1.55 bits per heavy atom. The molecule has 6 nitrogen and oxygen atoms in total. The zero-order valence-electron chi connectivity index (χ0n) is 11.8. The molecule has 0 unspecified atom stereocenters. The largest absolute Gasteiger partial charge is 0.495 e. The van der Waals surface area contributed by atoms with Crippen LogP contribution in [0.1, 0.15) is 12.0 Å². The monoisotopic (exact) mass is 279 g/mol. The summed E-state index contributed by atoms with van der Waals surface area (Å²) in [4.78, 5) is 11.9. The molecule has 1 aromatic carbocycles. The second kappa shape index (κ2) is 6.11. The van der Waals surface area contributed by atoms with Crippen molar-refractivity contribution in [2.24, 2.45) is 0 Å². The van der Waals surface area contributed by atoms with Gasteiger partial charge in [-0.3, -0.25) is 0 Å². The van der Waals surface area contributed by atoms with E-state index in [0.29, 0.717) is 24.4 Å². The van der Waals surface area contributed by atoms with Crippen LogP contribution >= 0.6 is 0 Å². The topological polar surface area (TPSA) is 82.6 Å². The number of ether oxygens (including phenoxy) is 1. The number of carbonyl (C=O) groups excluding carboxylic acids is 1. The first kappa shape index (κ1) is 14.6. The Morgan fingerprint density at radius 3 is 3.00 bits per heavy atom. The summed E-state index contributed by atoms with van der Waals surface area (Å²) in [6.07, 6.45) is 0.640. The second-order valence-corrected chi connectivity index (χ2v) is 5.11. The van der Waals surface area contributed by atoms with Gasteiger partial charge in [0.15, 0.2) is 0 Å². The lowest BCUT2D eigenvalue weighted by Crippen LogP contribution is -2.45. The predicted molar refractivity (Wildman–Crippen MR) is 77.2 cm³/mol. The van der Waals surface area contributed by atoms with Crippen LogP contribution in [0.25, 0.3) is 0 Å². The number of benzene rings is 1. The highest BCUT2D eigenvalue weighted by Crippen LogP contribution is 2.27. The van der Waals surface area contributed by atoms with E-state index in [0.717, 1.165) is 12.1 Å². The van der Waals surface area contributed by atoms with Gasteiger partial charge >= 0.3 is 6.03 Å². The number of aryl methyl sites for hydroxylation is 1. The van der Waals surface area contributed by atoms with Crippen molar-refractivity contribution in [3.63, 3.8) is 0 Å². The zero-order chi connectivity index (χ0) is 14.6. The minimum absolute atomic E-state index is 0.222. The van der Waals surface area contributed by atoms with Gasteiger partial charge in [-0.2, -0.15) is 0 Å². The molecule has 0 radical (unpaired) electrons. The van der Waals surface area contributed by atoms with E-state index in [-0.39, 0.29) is 12.6 Å². The van der Waals surface area contributed by atoms with E-state index < -0.39 is 5.60 Å². The van der Waals surface area contributed by atoms with Gasteiger partial charge in [0.1, 0.15) is 5.75 Å². The predicted octanol–water partition coefficient (Wildman–Crippen LogP) is 0.850. The number of nitrogens with one attached hydrogen (secondary N) is 3. The minimum Gasteiger partial charge on any atom is -0.495 e. The smallest absolute Gasteiger partial charge is 0.319 e. The van der Waals surface area contributed by atoms with Crippen molar-refractivity contribution >= 4 is 11.7 Å². The number of anilines is 1. The minimum atomic E-state index is -0.854. The van der Waals surface area contributed by atoms with Gasteiger partial charge in [-0.05, 0) is 31.5 Å². The number of carbonyl (C=O) groups is 1. The first-order chi connectivity index (χ1) is 9.54. The molecule has 1 aliphatic rings. The Kier molecular flexibility index (Phi) is 4.46. The zero-order valence-corrected chi connectivity index (χ0v) is 11.8. The van der Waals surface area contributed by atoms with Gasteiger partial charge in [0.2, 0.25) is 0 Å². The quantitative estimate of drug-likeness (QED) is 0.658. The fourth-order valence-electron chi connectivity index (χ4n) is 2.26. The highest BCUT2D eigenvalue weighted by Gasteiger charge is 2.31. The maximum atomic E-state index is 11.9. The molecule has 0 aliphatic carbocycles. The summed E-state index contributed by atoms with van der Waals surface area (Å²) in [6, 6.07) is 5.20. The van der Waals surface area contributed by atoms with Gasteiger partial charge in [0.05, 0.1) is 18.4 Å². The molecule has 1 aliphatic heterocycles. The fourth-order valence-corrected chi connectivity index (χ4v) is 2.26. The summed E-state index contributed by atoms with van der Waals surface area (Å²) in [6.45, 7) is 3.39. The van der Waals surface area contributed by atoms with Crippen molar-refractivity contribution in [2.75, 3.05) is 32.1 Å². The van der Waals surface area contributed by atoms with Crippen LogP contribution in [-0.2, 0) is 0 Å². The van der Waals surface area contributed by atoms with E-state index in [1.807, 2.05) is 19.1 Å². The number of rotatable bonds is 4. The van der Waals surface area contributed by atoms with Crippen LogP contribution in [0.4, 0.5) is 10.5 Å². The molecule has 110 valence electrons. The molecule has 2 amide bonds. The highest BCUT2D eigenvalue weighted by molar-refractivity contribution is 5.91. The molecule has 20 heavy (non-hydrogen) atoms. The molecule has 0 bridgehead atoms. The normalized spacial score (nSPS) is 21.6. The van der Waals surface area contributed by atoms with Crippen molar-refractivity contribution < 1.29 is 14.6 Å². The maximum Gasteiger partial charge on any atom is 0.319 e. The van der Waals surface area contributed by atoms with Crippen molar-refractivity contribution in [1.82, 2.24) is 10.6 Å². The van der Waals surface area contributed by atoms with Crippen LogP contribution in [0, 0.1) is 6.92 Å². The number of hydrogen-bond donors (Lipinski definition) is 4. The fraction of sp³-hybridized carbons (Fsp3) is 0.500. The van der Waals surface area contributed by atoms with E-state index in [9.17, 15) is 9.90 Å². The molecule has 1 aromatic rings. The first-order valence-electron chi connectivity index (χ1n) is 6.66. The third kappa shape index (κ3) is 3.40. The Bertz CT molecular complexity index is 485. The Hall–Kier alpha value is -1.79. The van der Waals surface area contributed by atoms with Gasteiger partial charge in [-0.15, -0.1) is 0 Å². The van der Waals surface area contributed by atoms with Crippen LogP contribution in [0.15, 0.2) is 18.2 Å². The summed E-state index contributed by atoms with van der Waals surface area (Å²) in [5, 5.41) is 18.7. The SMILES string of the molecule is COc1cccc(C)c1NC(=O)NC[C@]1(O)CCNC1. The molecule has 2 rings (SSSR count). The summed E-state index contributed by atoms with van der Waals surface area (Å²) >= 11 is 0. The molecule has 6 heteroatoms. The molecule has 0 spiro atoms. The molecular weight excluding hydrogens is 258 g/mol. The Morgan fingerprint density at radius 2 is 2.35 bits per heavy atom. The van der Waals surface area contributed by atoms with Crippen LogP contribution in [-0.4, -0.2) is 43.5 Å². The summed E-state index contributed by atoms with van der Waals surface area (Å²) in [5.41, 5.74) is 0.706. The maximum absolute atomic E-state index is 11.9. The molecule has 0 saturated carbocycles. The van der Waals surface area contributed by atoms with Crippen LogP contribution in [0.5, 0.6) is 5.75 Å². The van der Waals surface area contributed by atoms with Gasteiger partial charge in [0, 0.05) is 13.1 Å². The van der Waals surface area contributed by atoms with E-state index in [4.69, 9.17) is 4.74 Å². The Labute approximate surface area is 118 Å². The molecule has 1 fully saturated rings. The Balaban J connectivity index is 1.94.